The summed E-state index contributed by atoms with van der Waals surface area (Å²) >= 11 is 3.65. The summed E-state index contributed by atoms with van der Waals surface area (Å²) in [6.45, 7) is 0. The first kappa shape index (κ1) is 37.8. The summed E-state index contributed by atoms with van der Waals surface area (Å²) in [5.41, 5.74) is 19.8. The Labute approximate surface area is 378 Å². The third kappa shape index (κ3) is 6.66. The van der Waals surface area contributed by atoms with Crippen LogP contribution in [0.5, 0.6) is 0 Å². The molecule has 10 nitrogen and oxygen atoms in total. The molecule has 0 atom stereocenters. The lowest BCUT2D eigenvalue weighted by Gasteiger charge is -2.26. The average molecular weight is 879 g/mol. The quantitative estimate of drug-likeness (QED) is 0.139. The van der Waals surface area contributed by atoms with E-state index in [2.05, 4.69) is 129 Å². The van der Waals surface area contributed by atoms with Gasteiger partial charge in [0, 0.05) is 69.0 Å². The summed E-state index contributed by atoms with van der Waals surface area (Å²) in [7, 11) is 0. The molecule has 0 bridgehead atoms. The molecule has 0 aliphatic carbocycles. The molecule has 6 aromatic heterocycles. The van der Waals surface area contributed by atoms with Crippen LogP contribution < -0.4 is 4.90 Å². The molecule has 13 heteroatoms. The fourth-order valence-electron chi connectivity index (χ4n) is 8.30. The van der Waals surface area contributed by atoms with Gasteiger partial charge in [-0.1, -0.05) is 72.8 Å². The second kappa shape index (κ2) is 16.1. The number of rotatable bonds is 9. The van der Waals surface area contributed by atoms with Crippen LogP contribution in [0.1, 0.15) is 0 Å². The standard InChI is InChI=1S/C51H30N10S3/c1-4-28-52-43(7-1)40-25-22-37(46-49(40)58-62-55-46)31-10-16-34(17-11-31)61(35-18-12-32(13-19-35)38-23-26-41(44-8-2-5-29-53-44)50-47(38)56-63-59-50)36-20-14-33(15-21-36)39-24-27-42(45-9-3-6-30-54-45)51-48(39)57-64-60-51/h1-30H. The lowest BCUT2D eigenvalue weighted by Crippen LogP contribution is -2.09. The number of hydrogen-bond acceptors (Lipinski definition) is 13. The molecule has 6 aromatic carbocycles. The van der Waals surface area contributed by atoms with Gasteiger partial charge in [-0.05, 0) is 108 Å². The van der Waals surface area contributed by atoms with Gasteiger partial charge in [-0.15, -0.1) is 0 Å². The molecule has 12 rings (SSSR count). The summed E-state index contributed by atoms with van der Waals surface area (Å²) < 4.78 is 28.3. The molecule has 0 saturated carbocycles. The number of benzene rings is 6. The number of pyridine rings is 3. The molecule has 302 valence electrons. The molecule has 0 saturated heterocycles. The first-order valence-electron chi connectivity index (χ1n) is 20.4. The predicted molar refractivity (Wildman–Crippen MR) is 260 cm³/mol. The van der Waals surface area contributed by atoms with Crippen LogP contribution in [0.2, 0.25) is 0 Å². The summed E-state index contributed by atoms with van der Waals surface area (Å²) in [6, 6.07) is 56.3. The van der Waals surface area contributed by atoms with Crippen LogP contribution in [0.15, 0.2) is 182 Å². The zero-order chi connectivity index (χ0) is 42.4. The molecule has 0 unspecified atom stereocenters. The Hall–Kier alpha value is -7.97. The minimum atomic E-state index is 0.848. The van der Waals surface area contributed by atoms with Crippen LogP contribution in [-0.2, 0) is 0 Å². The molecular weight excluding hydrogens is 849 g/mol. The normalized spacial score (nSPS) is 11.4. The van der Waals surface area contributed by atoms with Crippen molar-refractivity contribution >= 4 is 85.3 Å². The maximum absolute atomic E-state index is 4.74. The van der Waals surface area contributed by atoms with Crippen LogP contribution in [0, 0.1) is 0 Å². The largest absolute Gasteiger partial charge is 0.311 e. The summed E-state index contributed by atoms with van der Waals surface area (Å²) in [6.07, 6.45) is 5.41. The van der Waals surface area contributed by atoms with Crippen molar-refractivity contribution in [3.8, 4) is 67.2 Å². The van der Waals surface area contributed by atoms with Crippen molar-refractivity contribution in [2.45, 2.75) is 0 Å². The first-order chi connectivity index (χ1) is 31.7. The SMILES string of the molecule is c1ccc(-c2ccc(-c3ccc(N(c4ccc(-c5ccc(-c6ccccn6)c6nsnc56)cc4)c4ccc(-c5ccc(-c6ccccn6)c6nsnc56)cc4)cc3)c3nsnc23)nc1. The van der Waals surface area contributed by atoms with Gasteiger partial charge in [-0.25, -0.2) is 0 Å². The molecule has 64 heavy (non-hydrogen) atoms. The Morgan fingerprint density at radius 2 is 0.531 bits per heavy atom. The van der Waals surface area contributed by atoms with Gasteiger partial charge >= 0.3 is 0 Å². The molecule has 0 aliphatic heterocycles. The molecule has 0 fully saturated rings. The Morgan fingerprint density at radius 3 is 0.797 bits per heavy atom. The van der Waals surface area contributed by atoms with Gasteiger partial charge in [0.1, 0.15) is 33.1 Å². The zero-order valence-electron chi connectivity index (χ0n) is 33.5. The minimum Gasteiger partial charge on any atom is -0.311 e. The molecule has 0 amide bonds. The topological polar surface area (TPSA) is 119 Å². The maximum atomic E-state index is 4.74. The van der Waals surface area contributed by atoms with E-state index >= 15 is 0 Å². The fraction of sp³-hybridized carbons (Fsp3) is 0. The molecule has 0 N–H and O–H groups in total. The van der Waals surface area contributed by atoms with Crippen molar-refractivity contribution in [2.24, 2.45) is 0 Å². The average Bonchev–Trinajstić information content (AvgIpc) is 4.18. The Morgan fingerprint density at radius 1 is 0.266 bits per heavy atom. The second-order valence-electron chi connectivity index (χ2n) is 15.0. The van der Waals surface area contributed by atoms with Gasteiger partial charge in [0.2, 0.25) is 0 Å². The van der Waals surface area contributed by atoms with Crippen molar-refractivity contribution in [2.75, 3.05) is 4.90 Å². The van der Waals surface area contributed by atoms with Crippen molar-refractivity contribution in [1.82, 2.24) is 41.2 Å². The van der Waals surface area contributed by atoms with Crippen molar-refractivity contribution in [1.29, 1.82) is 0 Å². The van der Waals surface area contributed by atoms with Gasteiger partial charge in [0.25, 0.3) is 0 Å². The van der Waals surface area contributed by atoms with E-state index in [0.717, 1.165) is 117 Å². The molecule has 12 aromatic rings. The number of fused-ring (bicyclic) bond motifs is 3. The fourth-order valence-corrected chi connectivity index (χ4v) is 10.0. The van der Waals surface area contributed by atoms with Gasteiger partial charge in [0.15, 0.2) is 0 Å². The summed E-state index contributed by atoms with van der Waals surface area (Å²) in [5, 5.41) is 0. The monoisotopic (exact) mass is 878 g/mol. The summed E-state index contributed by atoms with van der Waals surface area (Å²) in [4.78, 5) is 16.0. The highest BCUT2D eigenvalue weighted by molar-refractivity contribution is 7.00. The van der Waals surface area contributed by atoms with E-state index in [4.69, 9.17) is 26.2 Å². The molecule has 0 aliphatic rings. The second-order valence-corrected chi connectivity index (χ2v) is 16.6. The van der Waals surface area contributed by atoms with E-state index in [-0.39, 0.29) is 0 Å². The van der Waals surface area contributed by atoms with Crippen molar-refractivity contribution in [3.05, 3.63) is 182 Å². The van der Waals surface area contributed by atoms with E-state index in [1.165, 1.54) is 35.2 Å². The zero-order valence-corrected chi connectivity index (χ0v) is 36.0. The molecule has 6 heterocycles. The minimum absolute atomic E-state index is 0.848. The van der Waals surface area contributed by atoms with Crippen molar-refractivity contribution < 1.29 is 0 Å². The number of anilines is 3. The number of aromatic nitrogens is 9. The van der Waals surface area contributed by atoms with E-state index in [1.807, 2.05) is 54.6 Å². The Balaban J connectivity index is 0.925. The third-order valence-corrected chi connectivity index (χ3v) is 13.0. The number of nitrogens with zero attached hydrogens (tertiary/aromatic N) is 10. The van der Waals surface area contributed by atoms with Gasteiger partial charge in [-0.3, -0.25) is 15.0 Å². The van der Waals surface area contributed by atoms with Crippen LogP contribution in [-0.4, -0.2) is 41.2 Å². The van der Waals surface area contributed by atoms with Gasteiger partial charge in [0.05, 0.1) is 52.3 Å². The van der Waals surface area contributed by atoms with Crippen LogP contribution in [0.25, 0.3) is 100 Å². The highest BCUT2D eigenvalue weighted by Gasteiger charge is 2.20. The van der Waals surface area contributed by atoms with E-state index in [9.17, 15) is 0 Å². The molecule has 0 radical (unpaired) electrons. The Kier molecular flexibility index (Phi) is 9.47. The van der Waals surface area contributed by atoms with E-state index in [1.54, 1.807) is 18.6 Å². The van der Waals surface area contributed by atoms with E-state index in [0.29, 0.717) is 0 Å². The highest BCUT2D eigenvalue weighted by atomic mass is 32.1. The maximum Gasteiger partial charge on any atom is 0.114 e. The lowest BCUT2D eigenvalue weighted by molar-refractivity contribution is 1.28. The molecular formula is C51H30N10S3. The number of hydrogen-bond donors (Lipinski definition) is 0. The van der Waals surface area contributed by atoms with Crippen LogP contribution >= 0.6 is 35.2 Å². The van der Waals surface area contributed by atoms with Crippen molar-refractivity contribution in [3.63, 3.8) is 0 Å². The molecule has 0 spiro atoms. The van der Waals surface area contributed by atoms with Gasteiger partial charge < -0.3 is 4.90 Å². The van der Waals surface area contributed by atoms with Crippen LogP contribution in [0.3, 0.4) is 0 Å². The Bertz CT molecular complexity index is 3210. The van der Waals surface area contributed by atoms with Crippen LogP contribution in [0.4, 0.5) is 17.1 Å². The first-order valence-corrected chi connectivity index (χ1v) is 22.6. The highest BCUT2D eigenvalue weighted by Crippen LogP contribution is 2.42. The summed E-state index contributed by atoms with van der Waals surface area (Å²) in [5.74, 6) is 0. The van der Waals surface area contributed by atoms with Gasteiger partial charge in [-0.2, -0.15) is 26.2 Å². The third-order valence-electron chi connectivity index (χ3n) is 11.4. The van der Waals surface area contributed by atoms with E-state index < -0.39 is 0 Å². The lowest BCUT2D eigenvalue weighted by atomic mass is 9.98. The smallest absolute Gasteiger partial charge is 0.114 e. The predicted octanol–water partition coefficient (Wildman–Crippen LogP) is 13.4.